The maximum Gasteiger partial charge on any atom is 0.433 e. The first kappa shape index (κ1) is 25.1. The van der Waals surface area contributed by atoms with E-state index in [2.05, 4.69) is 32.4 Å². The molecule has 0 radical (unpaired) electrons. The number of carbonyl (C=O) groups is 1. The fraction of sp³-hybridized carbons (Fsp3) is 0.280. The van der Waals surface area contributed by atoms with Crippen molar-refractivity contribution in [3.63, 3.8) is 0 Å². The van der Waals surface area contributed by atoms with Crippen molar-refractivity contribution in [1.29, 1.82) is 0 Å². The number of halogens is 3. The van der Waals surface area contributed by atoms with Crippen LogP contribution in [0.4, 0.5) is 24.7 Å². The second-order valence-corrected chi connectivity index (χ2v) is 8.21. The molecule has 3 heterocycles. The number of benzene rings is 1. The molecule has 0 spiro atoms. The molecule has 1 aliphatic heterocycles. The van der Waals surface area contributed by atoms with Gasteiger partial charge in [0.25, 0.3) is 5.91 Å². The second kappa shape index (κ2) is 10.7. The summed E-state index contributed by atoms with van der Waals surface area (Å²) in [5, 5.41) is 6.38. The van der Waals surface area contributed by atoms with Gasteiger partial charge in [0.2, 0.25) is 0 Å². The zero-order valence-electron chi connectivity index (χ0n) is 19.6. The fourth-order valence-corrected chi connectivity index (χ4v) is 3.85. The van der Waals surface area contributed by atoms with Gasteiger partial charge < -0.3 is 20.4 Å². The van der Waals surface area contributed by atoms with Gasteiger partial charge in [0.05, 0.1) is 25.5 Å². The van der Waals surface area contributed by atoms with Crippen LogP contribution in [0.5, 0.6) is 0 Å². The minimum atomic E-state index is -4.64. The molecule has 0 unspecified atom stereocenters. The Bertz CT molecular complexity index is 1260. The van der Waals surface area contributed by atoms with Gasteiger partial charge in [-0.05, 0) is 60.0 Å². The third-order valence-electron chi connectivity index (χ3n) is 5.69. The number of hydrogen-bond acceptors (Lipinski definition) is 7. The summed E-state index contributed by atoms with van der Waals surface area (Å²) in [6.07, 6.45) is -3.67. The summed E-state index contributed by atoms with van der Waals surface area (Å²) in [4.78, 5) is 22.9. The standard InChI is InChI=1S/C25H25F3N6O2/c1-16-3-4-19(33-24(35)17-5-6-30-22(12-17)25(26,27)28)14-21(16)18-11-20(15-31-29-2)32-23(13-18)34-7-9-36-10-8-34/h3-6,11-14,31H,2,7-10,15H2,1H3,(H,33,35). The first-order valence-electron chi connectivity index (χ1n) is 11.2. The van der Waals surface area contributed by atoms with Crippen LogP contribution in [0, 0.1) is 6.92 Å². The second-order valence-electron chi connectivity index (χ2n) is 8.21. The predicted molar refractivity (Wildman–Crippen MR) is 131 cm³/mol. The zero-order valence-corrected chi connectivity index (χ0v) is 19.6. The average Bonchev–Trinajstić information content (AvgIpc) is 2.88. The molecule has 1 aliphatic rings. The number of alkyl halides is 3. The molecular weight excluding hydrogens is 473 g/mol. The number of nitrogens with zero attached hydrogens (tertiary/aromatic N) is 4. The number of hydrogen-bond donors (Lipinski definition) is 2. The Labute approximate surface area is 206 Å². The summed E-state index contributed by atoms with van der Waals surface area (Å²) in [6, 6.07) is 11.2. The first-order chi connectivity index (χ1) is 17.2. The molecule has 3 aromatic rings. The summed E-state index contributed by atoms with van der Waals surface area (Å²) < 4.78 is 44.4. The van der Waals surface area contributed by atoms with Crippen molar-refractivity contribution >= 4 is 24.1 Å². The molecule has 188 valence electrons. The largest absolute Gasteiger partial charge is 0.433 e. The van der Waals surface area contributed by atoms with Crippen LogP contribution in [0.2, 0.25) is 0 Å². The van der Waals surface area contributed by atoms with E-state index in [4.69, 9.17) is 9.72 Å². The Morgan fingerprint density at radius 1 is 1.17 bits per heavy atom. The maximum atomic E-state index is 13.0. The highest BCUT2D eigenvalue weighted by molar-refractivity contribution is 6.04. The number of rotatable bonds is 7. The molecule has 1 amide bonds. The highest BCUT2D eigenvalue weighted by Crippen LogP contribution is 2.31. The molecule has 36 heavy (non-hydrogen) atoms. The van der Waals surface area contributed by atoms with Crippen LogP contribution in [0.3, 0.4) is 0 Å². The fourth-order valence-electron chi connectivity index (χ4n) is 3.85. The van der Waals surface area contributed by atoms with Crippen LogP contribution in [0.15, 0.2) is 53.8 Å². The van der Waals surface area contributed by atoms with E-state index in [1.807, 2.05) is 25.1 Å². The Morgan fingerprint density at radius 3 is 2.67 bits per heavy atom. The van der Waals surface area contributed by atoms with E-state index in [1.165, 1.54) is 6.07 Å². The van der Waals surface area contributed by atoms with Gasteiger partial charge in [0.1, 0.15) is 11.5 Å². The Hall–Kier alpha value is -3.99. The van der Waals surface area contributed by atoms with Gasteiger partial charge in [-0.1, -0.05) is 6.07 Å². The summed E-state index contributed by atoms with van der Waals surface area (Å²) in [5.74, 6) is 0.130. The molecule has 8 nitrogen and oxygen atoms in total. The lowest BCUT2D eigenvalue weighted by atomic mass is 9.99. The lowest BCUT2D eigenvalue weighted by Gasteiger charge is -2.28. The van der Waals surface area contributed by atoms with Crippen molar-refractivity contribution in [2.75, 3.05) is 36.5 Å². The van der Waals surface area contributed by atoms with Gasteiger partial charge in [-0.15, -0.1) is 0 Å². The molecule has 0 bridgehead atoms. The van der Waals surface area contributed by atoms with Crippen molar-refractivity contribution in [1.82, 2.24) is 15.4 Å². The lowest BCUT2D eigenvalue weighted by Crippen LogP contribution is -2.37. The average molecular weight is 499 g/mol. The highest BCUT2D eigenvalue weighted by atomic mass is 19.4. The maximum absolute atomic E-state index is 13.0. The number of nitrogens with one attached hydrogen (secondary N) is 2. The van der Waals surface area contributed by atoms with Crippen LogP contribution in [-0.4, -0.2) is 48.9 Å². The Morgan fingerprint density at radius 2 is 1.94 bits per heavy atom. The van der Waals surface area contributed by atoms with Crippen molar-refractivity contribution in [2.45, 2.75) is 19.6 Å². The third-order valence-corrected chi connectivity index (χ3v) is 5.69. The quantitative estimate of drug-likeness (QED) is 0.374. The number of morpholine rings is 1. The van der Waals surface area contributed by atoms with Crippen molar-refractivity contribution in [3.05, 3.63) is 71.2 Å². The van der Waals surface area contributed by atoms with Crippen LogP contribution in [-0.2, 0) is 17.5 Å². The summed E-state index contributed by atoms with van der Waals surface area (Å²) >= 11 is 0. The van der Waals surface area contributed by atoms with Crippen LogP contribution >= 0.6 is 0 Å². The van der Waals surface area contributed by atoms with Crippen molar-refractivity contribution < 1.29 is 22.7 Å². The SMILES string of the molecule is C=NNCc1cc(-c2cc(NC(=O)c3ccnc(C(F)(F)F)c3)ccc2C)cc(N2CCOCC2)n1. The van der Waals surface area contributed by atoms with E-state index in [1.54, 1.807) is 12.1 Å². The number of amides is 1. The number of ether oxygens (including phenoxy) is 1. The van der Waals surface area contributed by atoms with Crippen LogP contribution < -0.4 is 15.6 Å². The van der Waals surface area contributed by atoms with Gasteiger partial charge >= 0.3 is 6.18 Å². The molecular formula is C25H25F3N6O2. The molecule has 0 saturated carbocycles. The number of aryl methyl sites for hydroxylation is 1. The molecule has 1 fully saturated rings. The normalized spacial score (nSPS) is 13.8. The van der Waals surface area contributed by atoms with E-state index in [0.717, 1.165) is 40.5 Å². The Balaban J connectivity index is 1.65. The van der Waals surface area contributed by atoms with Crippen LogP contribution in [0.25, 0.3) is 11.1 Å². The molecule has 2 aromatic heterocycles. The van der Waals surface area contributed by atoms with E-state index >= 15 is 0 Å². The molecule has 1 saturated heterocycles. The summed E-state index contributed by atoms with van der Waals surface area (Å²) in [6.45, 7) is 8.41. The third kappa shape index (κ3) is 5.98. The van der Waals surface area contributed by atoms with Crippen LogP contribution in [0.1, 0.15) is 27.3 Å². The van der Waals surface area contributed by atoms with Gasteiger partial charge in [-0.2, -0.15) is 18.3 Å². The molecule has 4 rings (SSSR count). The molecule has 2 N–H and O–H groups in total. The molecule has 1 aromatic carbocycles. The minimum absolute atomic E-state index is 0.136. The molecule has 0 atom stereocenters. The van der Waals surface area contributed by atoms with Gasteiger partial charge in [0.15, 0.2) is 0 Å². The number of carbonyl (C=O) groups excluding carboxylic acids is 1. The monoisotopic (exact) mass is 498 g/mol. The number of pyridine rings is 2. The summed E-state index contributed by atoms with van der Waals surface area (Å²) in [7, 11) is 0. The first-order valence-corrected chi connectivity index (χ1v) is 11.2. The highest BCUT2D eigenvalue weighted by Gasteiger charge is 2.33. The van der Waals surface area contributed by atoms with E-state index < -0.39 is 17.8 Å². The lowest BCUT2D eigenvalue weighted by molar-refractivity contribution is -0.141. The molecule has 0 aliphatic carbocycles. The van der Waals surface area contributed by atoms with Gasteiger partial charge in [-0.3, -0.25) is 9.78 Å². The predicted octanol–water partition coefficient (Wildman–Crippen LogP) is 4.26. The minimum Gasteiger partial charge on any atom is -0.378 e. The number of aromatic nitrogens is 2. The molecule has 11 heteroatoms. The number of anilines is 2. The zero-order chi connectivity index (χ0) is 25.7. The van der Waals surface area contributed by atoms with Gasteiger partial charge in [0, 0.05) is 37.3 Å². The van der Waals surface area contributed by atoms with E-state index in [0.29, 0.717) is 38.5 Å². The van der Waals surface area contributed by atoms with Crippen molar-refractivity contribution in [3.8, 4) is 11.1 Å². The van der Waals surface area contributed by atoms with E-state index in [9.17, 15) is 18.0 Å². The van der Waals surface area contributed by atoms with Gasteiger partial charge in [-0.25, -0.2) is 4.98 Å². The smallest absolute Gasteiger partial charge is 0.378 e. The summed E-state index contributed by atoms with van der Waals surface area (Å²) in [5.41, 5.74) is 5.45. The number of hydrazone groups is 1. The topological polar surface area (TPSA) is 91.7 Å². The van der Waals surface area contributed by atoms with E-state index in [-0.39, 0.29) is 5.56 Å². The van der Waals surface area contributed by atoms with Crippen molar-refractivity contribution in [2.24, 2.45) is 5.10 Å². The Kier molecular flexibility index (Phi) is 7.49.